The van der Waals surface area contributed by atoms with E-state index in [1.54, 1.807) is 12.4 Å². The third kappa shape index (κ3) is 2.54. The zero-order valence-corrected chi connectivity index (χ0v) is 9.20. The first kappa shape index (κ1) is 10.1. The second-order valence-electron chi connectivity index (χ2n) is 3.42. The third-order valence-corrected chi connectivity index (χ3v) is 2.50. The minimum absolute atomic E-state index is 0.731. The molecule has 2 nitrogen and oxygen atoms in total. The van der Waals surface area contributed by atoms with Crippen molar-refractivity contribution in [1.82, 2.24) is 9.97 Å². The number of nitrogens with zero attached hydrogens (tertiary/aromatic N) is 2. The second-order valence-corrected chi connectivity index (χ2v) is 3.83. The molecule has 0 unspecified atom stereocenters. The van der Waals surface area contributed by atoms with Crippen LogP contribution in [0.5, 0.6) is 0 Å². The Balaban J connectivity index is 2.26. The van der Waals surface area contributed by atoms with Crippen LogP contribution < -0.4 is 0 Å². The number of halogens is 1. The highest BCUT2D eigenvalue weighted by Gasteiger charge is 2.02. The smallest absolute Gasteiger partial charge is 0.0634 e. The van der Waals surface area contributed by atoms with Crippen LogP contribution in [0.2, 0.25) is 5.02 Å². The summed E-state index contributed by atoms with van der Waals surface area (Å²) in [4.78, 5) is 8.49. The van der Waals surface area contributed by atoms with Gasteiger partial charge in [-0.1, -0.05) is 29.8 Å². The molecular formula is C12H11ClN2. The number of rotatable bonds is 2. The lowest BCUT2D eigenvalue weighted by Gasteiger charge is -2.03. The molecule has 1 aromatic carbocycles. The van der Waals surface area contributed by atoms with Gasteiger partial charge in [-0.25, -0.2) is 0 Å². The maximum atomic E-state index is 6.07. The van der Waals surface area contributed by atoms with Gasteiger partial charge in [0.15, 0.2) is 0 Å². The Labute approximate surface area is 94.0 Å². The Morgan fingerprint density at radius 1 is 1.20 bits per heavy atom. The molecule has 0 saturated heterocycles. The Bertz CT molecular complexity index is 469. The van der Waals surface area contributed by atoms with Crippen LogP contribution >= 0.6 is 11.6 Å². The van der Waals surface area contributed by atoms with Gasteiger partial charge in [-0.2, -0.15) is 0 Å². The summed E-state index contributed by atoms with van der Waals surface area (Å²) in [6.45, 7) is 1.93. The van der Waals surface area contributed by atoms with Crippen molar-refractivity contribution >= 4 is 11.6 Å². The SMILES string of the molecule is Cc1cncc(Cc2ccccc2Cl)n1. The molecule has 0 aliphatic heterocycles. The van der Waals surface area contributed by atoms with Crippen molar-refractivity contribution in [3.05, 3.63) is 58.6 Å². The Morgan fingerprint density at radius 2 is 2.00 bits per heavy atom. The molecule has 76 valence electrons. The van der Waals surface area contributed by atoms with E-state index < -0.39 is 0 Å². The maximum Gasteiger partial charge on any atom is 0.0634 e. The fourth-order valence-corrected chi connectivity index (χ4v) is 1.64. The van der Waals surface area contributed by atoms with Crippen molar-refractivity contribution in [3.8, 4) is 0 Å². The van der Waals surface area contributed by atoms with Crippen molar-refractivity contribution < 1.29 is 0 Å². The molecule has 15 heavy (non-hydrogen) atoms. The van der Waals surface area contributed by atoms with Gasteiger partial charge in [0.1, 0.15) is 0 Å². The van der Waals surface area contributed by atoms with Gasteiger partial charge in [-0.3, -0.25) is 9.97 Å². The quantitative estimate of drug-likeness (QED) is 0.775. The summed E-state index contributed by atoms with van der Waals surface area (Å²) >= 11 is 6.07. The van der Waals surface area contributed by atoms with Gasteiger partial charge in [0, 0.05) is 23.8 Å². The highest BCUT2D eigenvalue weighted by atomic mass is 35.5. The van der Waals surface area contributed by atoms with E-state index in [0.29, 0.717) is 0 Å². The van der Waals surface area contributed by atoms with Gasteiger partial charge in [0.05, 0.1) is 11.4 Å². The number of hydrogen-bond donors (Lipinski definition) is 0. The van der Waals surface area contributed by atoms with Crippen LogP contribution in [0, 0.1) is 6.92 Å². The van der Waals surface area contributed by atoms with Crippen LogP contribution in [0.3, 0.4) is 0 Å². The summed E-state index contributed by atoms with van der Waals surface area (Å²) in [5.41, 5.74) is 2.96. The van der Waals surface area contributed by atoms with Crippen molar-refractivity contribution in [1.29, 1.82) is 0 Å². The van der Waals surface area contributed by atoms with Crippen LogP contribution in [-0.2, 0) is 6.42 Å². The van der Waals surface area contributed by atoms with Gasteiger partial charge >= 0.3 is 0 Å². The van der Waals surface area contributed by atoms with Crippen LogP contribution in [0.15, 0.2) is 36.7 Å². The third-order valence-electron chi connectivity index (χ3n) is 2.13. The van der Waals surface area contributed by atoms with Crippen molar-refractivity contribution in [3.63, 3.8) is 0 Å². The van der Waals surface area contributed by atoms with E-state index in [2.05, 4.69) is 9.97 Å². The Morgan fingerprint density at radius 3 is 2.73 bits per heavy atom. The molecule has 1 aromatic heterocycles. The van der Waals surface area contributed by atoms with E-state index in [0.717, 1.165) is 28.4 Å². The summed E-state index contributed by atoms with van der Waals surface area (Å²) in [6, 6.07) is 7.80. The molecule has 0 amide bonds. The normalized spacial score (nSPS) is 10.3. The lowest BCUT2D eigenvalue weighted by Crippen LogP contribution is -1.95. The summed E-state index contributed by atoms with van der Waals surface area (Å²) in [6.07, 6.45) is 4.25. The predicted octanol–water partition coefficient (Wildman–Crippen LogP) is 3.03. The monoisotopic (exact) mass is 218 g/mol. The molecule has 2 aromatic rings. The molecule has 0 aliphatic carbocycles. The van der Waals surface area contributed by atoms with E-state index >= 15 is 0 Å². The molecule has 0 aliphatic rings. The maximum absolute atomic E-state index is 6.07. The molecule has 1 heterocycles. The Hall–Kier alpha value is -1.41. The first-order valence-corrected chi connectivity index (χ1v) is 5.14. The fraction of sp³-hybridized carbons (Fsp3) is 0.167. The van der Waals surface area contributed by atoms with Gasteiger partial charge < -0.3 is 0 Å². The minimum Gasteiger partial charge on any atom is -0.261 e. The van der Waals surface area contributed by atoms with Gasteiger partial charge in [0.2, 0.25) is 0 Å². The van der Waals surface area contributed by atoms with Crippen LogP contribution in [0.25, 0.3) is 0 Å². The van der Waals surface area contributed by atoms with Crippen molar-refractivity contribution in [2.24, 2.45) is 0 Å². The second kappa shape index (κ2) is 4.41. The molecule has 0 N–H and O–H groups in total. The molecule has 0 bridgehead atoms. The van der Waals surface area contributed by atoms with E-state index in [-0.39, 0.29) is 0 Å². The number of benzene rings is 1. The van der Waals surface area contributed by atoms with E-state index in [1.807, 2.05) is 31.2 Å². The van der Waals surface area contributed by atoms with Crippen LogP contribution in [0.4, 0.5) is 0 Å². The van der Waals surface area contributed by atoms with Crippen LogP contribution in [-0.4, -0.2) is 9.97 Å². The average molecular weight is 219 g/mol. The van der Waals surface area contributed by atoms with E-state index in [1.165, 1.54) is 0 Å². The average Bonchev–Trinajstić information content (AvgIpc) is 2.22. The van der Waals surface area contributed by atoms with Crippen molar-refractivity contribution in [2.45, 2.75) is 13.3 Å². The molecule has 0 fully saturated rings. The summed E-state index contributed by atoms with van der Waals surface area (Å²) < 4.78 is 0. The Kier molecular flexibility index (Phi) is 2.97. The zero-order chi connectivity index (χ0) is 10.7. The number of aryl methyl sites for hydroxylation is 1. The van der Waals surface area contributed by atoms with Gasteiger partial charge in [-0.15, -0.1) is 0 Å². The fourth-order valence-electron chi connectivity index (χ4n) is 1.44. The molecule has 0 atom stereocenters. The summed E-state index contributed by atoms with van der Waals surface area (Å²) in [5, 5.41) is 0.779. The number of aromatic nitrogens is 2. The molecule has 0 saturated carbocycles. The molecular weight excluding hydrogens is 208 g/mol. The van der Waals surface area contributed by atoms with E-state index in [9.17, 15) is 0 Å². The first-order chi connectivity index (χ1) is 7.25. The molecule has 2 rings (SSSR count). The van der Waals surface area contributed by atoms with Crippen LogP contribution in [0.1, 0.15) is 17.0 Å². The summed E-state index contributed by atoms with van der Waals surface area (Å²) in [5.74, 6) is 0. The van der Waals surface area contributed by atoms with Crippen molar-refractivity contribution in [2.75, 3.05) is 0 Å². The lowest BCUT2D eigenvalue weighted by molar-refractivity contribution is 0.992. The highest BCUT2D eigenvalue weighted by molar-refractivity contribution is 6.31. The largest absolute Gasteiger partial charge is 0.261 e. The zero-order valence-electron chi connectivity index (χ0n) is 8.44. The molecule has 0 spiro atoms. The summed E-state index contributed by atoms with van der Waals surface area (Å²) in [7, 11) is 0. The first-order valence-electron chi connectivity index (χ1n) is 4.76. The minimum atomic E-state index is 0.731. The topological polar surface area (TPSA) is 25.8 Å². The predicted molar refractivity (Wildman–Crippen MR) is 61.0 cm³/mol. The highest BCUT2D eigenvalue weighted by Crippen LogP contribution is 2.17. The molecule has 3 heteroatoms. The number of hydrogen-bond acceptors (Lipinski definition) is 2. The standard InChI is InChI=1S/C12H11ClN2/c1-9-7-14-8-11(15-9)6-10-4-2-3-5-12(10)13/h2-5,7-8H,6H2,1H3. The van der Waals surface area contributed by atoms with E-state index in [4.69, 9.17) is 11.6 Å². The van der Waals surface area contributed by atoms with Gasteiger partial charge in [0.25, 0.3) is 0 Å². The molecule has 0 radical (unpaired) electrons. The lowest BCUT2D eigenvalue weighted by atomic mass is 10.1. The van der Waals surface area contributed by atoms with Gasteiger partial charge in [-0.05, 0) is 18.6 Å².